The van der Waals surface area contributed by atoms with Crippen molar-refractivity contribution in [2.24, 2.45) is 0 Å². The summed E-state index contributed by atoms with van der Waals surface area (Å²) in [6.45, 7) is 1.06. The Morgan fingerprint density at radius 3 is 2.79 bits per heavy atom. The van der Waals surface area contributed by atoms with E-state index in [1.807, 2.05) is 30.5 Å². The third-order valence-corrected chi connectivity index (χ3v) is 5.01. The molecule has 0 bridgehead atoms. The van der Waals surface area contributed by atoms with Crippen molar-refractivity contribution < 1.29 is 23.8 Å². The maximum atomic E-state index is 12.4. The van der Waals surface area contributed by atoms with E-state index in [1.165, 1.54) is 14.2 Å². The number of methoxy groups -OCH3 is 2. The number of aryl methyl sites for hydroxylation is 1. The number of carbonyl (C=O) groups is 2. The molecule has 8 nitrogen and oxygen atoms in total. The molecule has 0 radical (unpaired) electrons. The van der Waals surface area contributed by atoms with Crippen molar-refractivity contribution in [2.45, 2.75) is 19.4 Å². The van der Waals surface area contributed by atoms with E-state index < -0.39 is 11.9 Å². The Bertz CT molecular complexity index is 963. The molecule has 0 N–H and O–H groups in total. The first-order valence-corrected chi connectivity index (χ1v) is 9.04. The van der Waals surface area contributed by atoms with Crippen molar-refractivity contribution in [1.29, 1.82) is 0 Å². The van der Waals surface area contributed by atoms with Gasteiger partial charge in [-0.05, 0) is 18.6 Å². The third kappa shape index (κ3) is 3.05. The summed E-state index contributed by atoms with van der Waals surface area (Å²) < 4.78 is 17.5. The molecule has 0 saturated heterocycles. The van der Waals surface area contributed by atoms with E-state index in [-0.39, 0.29) is 24.6 Å². The van der Waals surface area contributed by atoms with Crippen LogP contribution >= 0.6 is 0 Å². The quantitative estimate of drug-likeness (QED) is 0.746. The number of hydrogen-bond acceptors (Lipinski definition) is 7. The Morgan fingerprint density at radius 2 is 2.00 bits per heavy atom. The molecule has 4 rings (SSSR count). The van der Waals surface area contributed by atoms with Crippen LogP contribution in [0.25, 0.3) is 11.3 Å². The number of anilines is 1. The molecule has 2 aromatic rings. The average Bonchev–Trinajstić information content (AvgIpc) is 3.36. The lowest BCUT2D eigenvalue weighted by Crippen LogP contribution is -2.38. The highest BCUT2D eigenvalue weighted by Gasteiger charge is 2.32. The summed E-state index contributed by atoms with van der Waals surface area (Å²) in [5.41, 5.74) is 3.00. The number of nitrogens with zero attached hydrogens (tertiary/aromatic N) is 3. The molecule has 0 spiro atoms. The van der Waals surface area contributed by atoms with Crippen molar-refractivity contribution in [3.63, 3.8) is 0 Å². The molecule has 2 aliphatic rings. The number of carbonyl (C=O) groups excluding carboxylic acids is 2. The van der Waals surface area contributed by atoms with Gasteiger partial charge in [0.25, 0.3) is 0 Å². The van der Waals surface area contributed by atoms with Crippen LogP contribution < -0.4 is 4.90 Å². The number of benzene rings is 1. The predicted molar refractivity (Wildman–Crippen MR) is 100 cm³/mol. The minimum absolute atomic E-state index is 0.0105. The first-order chi connectivity index (χ1) is 13.6. The van der Waals surface area contributed by atoms with Crippen molar-refractivity contribution in [3.8, 4) is 11.3 Å². The van der Waals surface area contributed by atoms with Crippen LogP contribution in [0.5, 0.6) is 0 Å². The Labute approximate surface area is 162 Å². The lowest BCUT2D eigenvalue weighted by molar-refractivity contribution is -0.140. The topological polar surface area (TPSA) is 82.9 Å². The van der Waals surface area contributed by atoms with E-state index in [0.717, 1.165) is 36.5 Å². The molecule has 8 heteroatoms. The molecule has 0 atom stereocenters. The van der Waals surface area contributed by atoms with Crippen molar-refractivity contribution >= 4 is 17.6 Å². The van der Waals surface area contributed by atoms with Crippen molar-refractivity contribution in [1.82, 2.24) is 9.55 Å². The fourth-order valence-corrected chi connectivity index (χ4v) is 3.67. The van der Waals surface area contributed by atoms with Crippen molar-refractivity contribution in [2.75, 3.05) is 32.5 Å². The monoisotopic (exact) mass is 383 g/mol. The fourth-order valence-electron chi connectivity index (χ4n) is 3.67. The minimum atomic E-state index is -0.616. The van der Waals surface area contributed by atoms with Crippen LogP contribution in [-0.4, -0.2) is 49.0 Å². The second kappa shape index (κ2) is 7.47. The number of imidazole rings is 1. The maximum Gasteiger partial charge on any atom is 0.355 e. The molecule has 3 heterocycles. The molecule has 2 aliphatic heterocycles. The van der Waals surface area contributed by atoms with Crippen LogP contribution in [-0.2, 0) is 36.8 Å². The summed E-state index contributed by atoms with van der Waals surface area (Å²) >= 11 is 0. The molecule has 0 saturated carbocycles. The SMILES string of the molecule is COC(=O)C1=C(C(=O)OC)N(c2cccc(-c3cnc4n3CCC4)c2)COC1. The van der Waals surface area contributed by atoms with Gasteiger partial charge < -0.3 is 23.7 Å². The Kier molecular flexibility index (Phi) is 4.87. The lowest BCUT2D eigenvalue weighted by Gasteiger charge is -2.31. The summed E-state index contributed by atoms with van der Waals surface area (Å²) in [7, 11) is 2.55. The molecule has 1 aromatic heterocycles. The van der Waals surface area contributed by atoms with Gasteiger partial charge in [-0.1, -0.05) is 12.1 Å². The van der Waals surface area contributed by atoms with Gasteiger partial charge in [0.15, 0.2) is 0 Å². The molecule has 146 valence electrons. The minimum Gasteiger partial charge on any atom is -0.466 e. The number of ether oxygens (including phenoxy) is 3. The highest BCUT2D eigenvalue weighted by atomic mass is 16.5. The van der Waals surface area contributed by atoms with Gasteiger partial charge in [-0.25, -0.2) is 14.6 Å². The summed E-state index contributed by atoms with van der Waals surface area (Å²) in [6.07, 6.45) is 3.95. The van der Waals surface area contributed by atoms with Gasteiger partial charge >= 0.3 is 11.9 Å². The van der Waals surface area contributed by atoms with E-state index >= 15 is 0 Å². The second-order valence-corrected chi connectivity index (χ2v) is 6.58. The molecule has 0 amide bonds. The molecule has 28 heavy (non-hydrogen) atoms. The average molecular weight is 383 g/mol. The van der Waals surface area contributed by atoms with Crippen molar-refractivity contribution in [3.05, 3.63) is 47.6 Å². The van der Waals surface area contributed by atoms with Gasteiger partial charge in [0.2, 0.25) is 0 Å². The number of aromatic nitrogens is 2. The smallest absolute Gasteiger partial charge is 0.355 e. The normalized spacial score (nSPS) is 16.1. The van der Waals surface area contributed by atoms with Gasteiger partial charge in [0.1, 0.15) is 18.3 Å². The standard InChI is InChI=1S/C20H21N3O5/c1-26-19(24)15-11-28-12-23(18(15)20(25)27-2)14-6-3-5-13(9-14)16-10-21-17-7-4-8-22(16)17/h3,5-6,9-10H,4,7-8,11-12H2,1-2H3. The third-order valence-electron chi connectivity index (χ3n) is 5.01. The van der Waals surface area contributed by atoms with E-state index in [2.05, 4.69) is 9.55 Å². The highest BCUT2D eigenvalue weighted by Crippen LogP contribution is 2.32. The van der Waals surface area contributed by atoms with Gasteiger partial charge in [-0.2, -0.15) is 0 Å². The predicted octanol–water partition coefficient (Wildman–Crippen LogP) is 1.89. The summed E-state index contributed by atoms with van der Waals surface area (Å²) in [4.78, 5) is 30.7. The second-order valence-electron chi connectivity index (χ2n) is 6.58. The zero-order valence-electron chi connectivity index (χ0n) is 15.8. The van der Waals surface area contributed by atoms with Gasteiger partial charge in [-0.3, -0.25) is 0 Å². The number of esters is 2. The molecular weight excluding hydrogens is 362 g/mol. The van der Waals surface area contributed by atoms with Crippen LogP contribution in [0.3, 0.4) is 0 Å². The van der Waals surface area contributed by atoms with Gasteiger partial charge in [0, 0.05) is 24.2 Å². The van der Waals surface area contributed by atoms with Crippen LogP contribution in [0.1, 0.15) is 12.2 Å². The number of rotatable bonds is 4. The van der Waals surface area contributed by atoms with Crippen LogP contribution in [0.4, 0.5) is 5.69 Å². The number of hydrogen-bond donors (Lipinski definition) is 0. The maximum absolute atomic E-state index is 12.4. The van der Waals surface area contributed by atoms with Gasteiger partial charge in [0.05, 0.1) is 38.3 Å². The molecular formula is C20H21N3O5. The summed E-state index contributed by atoms with van der Waals surface area (Å²) in [5, 5.41) is 0. The Hall–Kier alpha value is -3.13. The molecule has 0 fully saturated rings. The Morgan fingerprint density at radius 1 is 1.18 bits per heavy atom. The fraction of sp³-hybridized carbons (Fsp3) is 0.350. The number of fused-ring (bicyclic) bond motifs is 1. The zero-order chi connectivity index (χ0) is 19.7. The van der Waals surface area contributed by atoms with Crippen LogP contribution in [0.15, 0.2) is 41.7 Å². The molecule has 1 aromatic carbocycles. The highest BCUT2D eigenvalue weighted by molar-refractivity contribution is 6.03. The Balaban J connectivity index is 1.77. The molecule has 0 unspecified atom stereocenters. The lowest BCUT2D eigenvalue weighted by atomic mass is 10.1. The first-order valence-electron chi connectivity index (χ1n) is 9.04. The summed E-state index contributed by atoms with van der Waals surface area (Å²) in [5.74, 6) is -0.140. The van der Waals surface area contributed by atoms with E-state index in [9.17, 15) is 9.59 Å². The van der Waals surface area contributed by atoms with E-state index in [0.29, 0.717) is 5.69 Å². The van der Waals surface area contributed by atoms with E-state index in [4.69, 9.17) is 14.2 Å². The largest absolute Gasteiger partial charge is 0.466 e. The van der Waals surface area contributed by atoms with Gasteiger partial charge in [-0.15, -0.1) is 0 Å². The first kappa shape index (κ1) is 18.2. The van der Waals surface area contributed by atoms with E-state index in [1.54, 1.807) is 4.90 Å². The van der Waals surface area contributed by atoms with Crippen LogP contribution in [0, 0.1) is 0 Å². The zero-order valence-corrected chi connectivity index (χ0v) is 15.8. The van der Waals surface area contributed by atoms with Crippen LogP contribution in [0.2, 0.25) is 0 Å². The summed E-state index contributed by atoms with van der Waals surface area (Å²) in [6, 6.07) is 7.72. The molecule has 0 aliphatic carbocycles.